The van der Waals surface area contributed by atoms with E-state index in [0.717, 1.165) is 6.07 Å². The summed E-state index contributed by atoms with van der Waals surface area (Å²) in [7, 11) is 0. The summed E-state index contributed by atoms with van der Waals surface area (Å²) in [5.41, 5.74) is -10.3. The molecule has 0 fully saturated rings. The smallest absolute Gasteiger partial charge is 0.242 e. The number of hydrogen-bond donors (Lipinski definition) is 0. The van der Waals surface area contributed by atoms with Crippen molar-refractivity contribution in [3.63, 3.8) is 0 Å². The fraction of sp³-hybridized carbons (Fsp3) is 0. The lowest BCUT2D eigenvalue weighted by Gasteiger charge is -2.17. The summed E-state index contributed by atoms with van der Waals surface area (Å²) in [5.74, 6) is -3.62. The van der Waals surface area contributed by atoms with Gasteiger partial charge in [-0.25, -0.2) is 48.1 Å². The second-order valence-electron chi connectivity index (χ2n) is 9.62. The van der Waals surface area contributed by atoms with Crippen molar-refractivity contribution < 1.29 is 13.2 Å². The van der Waals surface area contributed by atoms with E-state index in [9.17, 15) is 36.0 Å². The number of rotatable bonds is 2. The minimum Gasteiger partial charge on any atom is -0.242 e. The van der Waals surface area contributed by atoms with Gasteiger partial charge in [0.1, 0.15) is 41.4 Å². The summed E-state index contributed by atoms with van der Waals surface area (Å²) in [6, 6.07) is 12.3. The van der Waals surface area contributed by atoms with Crippen LogP contribution in [0.3, 0.4) is 0 Å². The summed E-state index contributed by atoms with van der Waals surface area (Å²) in [5, 5.41) is 61.1. The van der Waals surface area contributed by atoms with Crippen LogP contribution in [-0.2, 0) is 0 Å². The van der Waals surface area contributed by atoms with Crippen LogP contribution in [0.5, 0.6) is 0 Å². The summed E-state index contributed by atoms with van der Waals surface area (Å²) >= 11 is 0. The predicted molar refractivity (Wildman–Crippen MR) is 162 cm³/mol. The van der Waals surface area contributed by atoms with Crippen molar-refractivity contribution >= 4 is 39.2 Å². The van der Waals surface area contributed by atoms with Crippen molar-refractivity contribution in [2.45, 2.75) is 0 Å². The normalized spacial score (nSPS) is 14.1. The third-order valence-corrected chi connectivity index (χ3v) is 7.50. The molecule has 2 aromatic carbocycles. The molecule has 0 bridgehead atoms. The minimum absolute atomic E-state index is 0.344. The maximum absolute atomic E-state index is 15.6. The molecule has 0 atom stereocenters. The molecule has 11 nitrogen and oxygen atoms in total. The Kier molecular flexibility index (Phi) is 7.73. The maximum Gasteiger partial charge on any atom is 0.270 e. The van der Waals surface area contributed by atoms with Gasteiger partial charge in [-0.05, 0) is 34.9 Å². The van der Waals surface area contributed by atoms with Gasteiger partial charge < -0.3 is 0 Å². The van der Waals surface area contributed by atoms with Gasteiger partial charge in [0.15, 0.2) is 0 Å². The van der Waals surface area contributed by atoms with Crippen molar-refractivity contribution in [2.75, 3.05) is 0 Å². The zero-order valence-corrected chi connectivity index (χ0v) is 23.9. The van der Waals surface area contributed by atoms with Crippen LogP contribution in [0.25, 0.3) is 52.9 Å². The Labute approximate surface area is 274 Å². The molecule has 0 radical (unpaired) electrons. The monoisotopic (exact) mass is 635 g/mol. The highest BCUT2D eigenvalue weighted by Crippen LogP contribution is 2.59. The molecule has 0 spiro atoms. The molecule has 49 heavy (non-hydrogen) atoms. The Morgan fingerprint density at radius 1 is 0.612 bits per heavy atom. The van der Waals surface area contributed by atoms with Crippen molar-refractivity contribution in [1.82, 2.24) is 4.98 Å². The molecule has 2 aliphatic carbocycles. The van der Waals surface area contributed by atoms with Crippen molar-refractivity contribution in [3.8, 4) is 36.4 Å². The van der Waals surface area contributed by atoms with Crippen LogP contribution in [0.4, 0.5) is 18.9 Å². The first-order valence-corrected chi connectivity index (χ1v) is 12.9. The van der Waals surface area contributed by atoms with Crippen LogP contribution in [0.2, 0.25) is 0 Å². The van der Waals surface area contributed by atoms with Crippen molar-refractivity contribution in [3.05, 3.63) is 149 Å². The van der Waals surface area contributed by atoms with Gasteiger partial charge in [-0.1, -0.05) is 0 Å². The lowest BCUT2D eigenvalue weighted by Crippen LogP contribution is -2.05. The fourth-order valence-corrected chi connectivity index (χ4v) is 5.71. The van der Waals surface area contributed by atoms with Gasteiger partial charge >= 0.3 is 0 Å². The predicted octanol–water partition coefficient (Wildman–Crippen LogP) is 7.22. The molecule has 0 aliphatic heterocycles. The zero-order valence-electron chi connectivity index (χ0n) is 23.9. The summed E-state index contributed by atoms with van der Waals surface area (Å²) < 4.78 is 46.0. The molecule has 1 heterocycles. The number of benzene rings is 2. The van der Waals surface area contributed by atoms with Gasteiger partial charge in [0.2, 0.25) is 11.4 Å². The molecular formula is C35H4F3N11. The van der Waals surface area contributed by atoms with Crippen LogP contribution >= 0.6 is 0 Å². The van der Waals surface area contributed by atoms with Gasteiger partial charge in [0, 0.05) is 39.0 Å². The second kappa shape index (κ2) is 12.0. The van der Waals surface area contributed by atoms with Crippen LogP contribution < -0.4 is 0 Å². The number of fused-ring (bicyclic) bond motifs is 2. The van der Waals surface area contributed by atoms with Crippen LogP contribution in [0.15, 0.2) is 35.8 Å². The van der Waals surface area contributed by atoms with E-state index in [2.05, 4.69) is 24.4 Å². The zero-order chi connectivity index (χ0) is 35.7. The fourth-order valence-electron chi connectivity index (χ4n) is 5.71. The number of hydrogen-bond acceptors (Lipinski definition) is 7. The van der Waals surface area contributed by atoms with E-state index >= 15 is 8.78 Å². The Bertz CT molecular complexity index is 2710. The van der Waals surface area contributed by atoms with Crippen LogP contribution in [0.1, 0.15) is 50.2 Å². The van der Waals surface area contributed by atoms with Gasteiger partial charge in [-0.3, -0.25) is 0 Å². The third kappa shape index (κ3) is 4.32. The number of nitrogens with zero attached hydrogens (tertiary/aromatic N) is 11. The Balaban J connectivity index is 2.15. The number of halogens is 3. The first kappa shape index (κ1) is 31.7. The Hall–Kier alpha value is -8.76. The van der Waals surface area contributed by atoms with Gasteiger partial charge in [-0.15, -0.1) is 0 Å². The van der Waals surface area contributed by atoms with Gasteiger partial charge in [0.25, 0.3) is 11.4 Å². The minimum atomic E-state index is -1.26. The molecular weight excluding hydrogens is 631 g/mol. The van der Waals surface area contributed by atoms with Gasteiger partial charge in [0.05, 0.1) is 67.4 Å². The number of nitriles is 6. The summed E-state index contributed by atoms with van der Waals surface area (Å²) in [4.78, 5) is 16.3. The molecule has 0 saturated heterocycles. The SMILES string of the molecule is [C-]#[N+]C1=C(c2cc(F)c([N+]#[C-])cc2F)/C(=C(/C#N)[N+]#[C-])c2c(C#N)c3c(c(C#N)c21)C(C#N)=C(c1cc(C#N)ncc1F)/C3=C(\C#N)[N+]#[C-]. The average Bonchev–Trinajstić information content (AvgIpc) is 3.62. The molecule has 0 unspecified atom stereocenters. The van der Waals surface area contributed by atoms with E-state index in [1.807, 2.05) is 12.1 Å². The summed E-state index contributed by atoms with van der Waals surface area (Å²) in [6.07, 6.45) is 0.644. The summed E-state index contributed by atoms with van der Waals surface area (Å²) in [6.45, 7) is 30.5. The Morgan fingerprint density at radius 3 is 1.69 bits per heavy atom. The van der Waals surface area contributed by atoms with Crippen LogP contribution in [-0.4, -0.2) is 4.98 Å². The van der Waals surface area contributed by atoms with E-state index in [-0.39, 0.29) is 5.69 Å². The van der Waals surface area contributed by atoms with E-state index in [0.29, 0.717) is 18.3 Å². The van der Waals surface area contributed by atoms with E-state index in [4.69, 9.17) is 26.3 Å². The van der Waals surface area contributed by atoms with Gasteiger partial charge in [-0.2, -0.15) is 21.0 Å². The van der Waals surface area contributed by atoms with E-state index < -0.39 is 113 Å². The lowest BCUT2D eigenvalue weighted by molar-refractivity contribution is 0.602. The first-order valence-electron chi connectivity index (χ1n) is 12.9. The molecule has 0 saturated carbocycles. The molecule has 1 aromatic heterocycles. The van der Waals surface area contributed by atoms with Crippen molar-refractivity contribution in [2.24, 2.45) is 0 Å². The largest absolute Gasteiger partial charge is 0.270 e. The standard InChI is InChI=1S/C35H4F3N11/c1-45-24-7-21(36)17(6-22(24)37)31-34(26(13-44)47-3)30-20(11-42)29-28(19(10-41)32(30)35(31)48-4)18(9-40)27(33(29)25(12-43)46-2)16-5-15(8-39)49-14-23(16)38/h5-7,14H/b33-25-,34-26-. The molecule has 0 N–H and O–H groups in total. The highest BCUT2D eigenvalue weighted by atomic mass is 19.1. The molecule has 14 heteroatoms. The Morgan fingerprint density at radius 2 is 1.18 bits per heavy atom. The topological polar surface area (TPSA) is 173 Å². The second-order valence-corrected chi connectivity index (χ2v) is 9.62. The molecule has 3 aromatic rings. The quantitative estimate of drug-likeness (QED) is 0.211. The van der Waals surface area contributed by atoms with E-state index in [1.54, 1.807) is 24.3 Å². The number of pyridine rings is 1. The molecule has 0 amide bonds. The van der Waals surface area contributed by atoms with Crippen LogP contribution in [0, 0.1) is 112 Å². The lowest BCUT2D eigenvalue weighted by atomic mass is 9.83. The highest BCUT2D eigenvalue weighted by Gasteiger charge is 2.44. The average molecular weight is 635 g/mol. The number of allylic oxidation sites excluding steroid dienone is 7. The van der Waals surface area contributed by atoms with Crippen molar-refractivity contribution in [1.29, 1.82) is 31.6 Å². The van der Waals surface area contributed by atoms with E-state index in [1.165, 1.54) is 0 Å². The molecule has 5 rings (SSSR count). The third-order valence-electron chi connectivity index (χ3n) is 7.50. The number of aromatic nitrogens is 1. The highest BCUT2D eigenvalue weighted by molar-refractivity contribution is 6.31. The molecule has 2 aliphatic rings. The molecule has 220 valence electrons. The first-order chi connectivity index (χ1) is 23.7. The maximum atomic E-state index is 15.6.